The summed E-state index contributed by atoms with van der Waals surface area (Å²) in [5.74, 6) is -1.93. The minimum Gasteiger partial charge on any atom is -0.480 e. The first-order chi connectivity index (χ1) is 11.1. The number of nitrogens with zero attached hydrogens (tertiary/aromatic N) is 1. The van der Waals surface area contributed by atoms with E-state index in [-0.39, 0.29) is 64.5 Å². The van der Waals surface area contributed by atoms with Crippen molar-refractivity contribution in [3.05, 3.63) is 0 Å². The minimum atomic E-state index is -0.967. The van der Waals surface area contributed by atoms with E-state index in [4.69, 9.17) is 10.2 Å². The molecule has 137 valence electrons. The summed E-state index contributed by atoms with van der Waals surface area (Å²) in [6.45, 7) is 2.41. The predicted octanol–water partition coefficient (Wildman–Crippen LogP) is 3.78. The molecule has 5 nitrogen and oxygen atoms in total. The second kappa shape index (κ2) is 19.9. The van der Waals surface area contributed by atoms with Gasteiger partial charge in [0.25, 0.3) is 0 Å². The quantitative estimate of drug-likeness (QED) is 0.302. The normalized spacial score (nSPS) is 10.6. The Bertz CT molecular complexity index is 297. The number of carbonyl (C=O) groups is 2. The molecule has 0 rings (SSSR count). The Morgan fingerprint density at radius 2 is 1.00 bits per heavy atom. The molecule has 0 saturated carbocycles. The number of rotatable bonds is 17. The number of carboxylic acid groups (broad SMARTS) is 2. The topological polar surface area (TPSA) is 77.8 Å². The van der Waals surface area contributed by atoms with Gasteiger partial charge in [0.2, 0.25) is 0 Å². The molecule has 0 aromatic heterocycles. The molecular weight excluding hydrogens is 333 g/mol. The van der Waals surface area contributed by atoms with Crippen molar-refractivity contribution in [1.82, 2.24) is 4.90 Å². The van der Waals surface area contributed by atoms with Crippen molar-refractivity contribution in [2.24, 2.45) is 0 Å². The van der Waals surface area contributed by atoms with Crippen LogP contribution in [0, 0.1) is 0 Å². The first-order valence-corrected chi connectivity index (χ1v) is 9.22. The summed E-state index contributed by atoms with van der Waals surface area (Å²) in [4.78, 5) is 22.8. The van der Waals surface area contributed by atoms with E-state index >= 15 is 0 Å². The van der Waals surface area contributed by atoms with Gasteiger partial charge >= 0.3 is 11.9 Å². The second-order valence-corrected chi connectivity index (χ2v) is 6.39. The van der Waals surface area contributed by atoms with Crippen LogP contribution in [0.4, 0.5) is 0 Å². The number of hydrogen-bond acceptors (Lipinski definition) is 3. The van der Waals surface area contributed by atoms with Gasteiger partial charge in [-0.2, -0.15) is 0 Å². The molecule has 0 amide bonds. The molecule has 0 spiro atoms. The van der Waals surface area contributed by atoms with Crippen LogP contribution in [0.15, 0.2) is 0 Å². The van der Waals surface area contributed by atoms with Crippen molar-refractivity contribution in [3.8, 4) is 0 Å². The maximum atomic E-state index is 10.7. The van der Waals surface area contributed by atoms with E-state index in [0.717, 1.165) is 19.3 Å². The average molecular weight is 369 g/mol. The van der Waals surface area contributed by atoms with Crippen molar-refractivity contribution in [2.45, 2.75) is 84.0 Å². The third-order valence-corrected chi connectivity index (χ3v) is 4.05. The fourth-order valence-corrected chi connectivity index (χ4v) is 2.77. The van der Waals surface area contributed by atoms with E-state index in [1.54, 1.807) is 0 Å². The van der Waals surface area contributed by atoms with Gasteiger partial charge in [0.05, 0.1) is 13.1 Å². The Morgan fingerprint density at radius 3 is 1.33 bits per heavy atom. The van der Waals surface area contributed by atoms with Gasteiger partial charge in [-0.15, -0.1) is 0 Å². The van der Waals surface area contributed by atoms with Gasteiger partial charge in [-0.25, -0.2) is 0 Å². The first kappa shape index (κ1) is 26.8. The molecule has 0 atom stereocenters. The van der Waals surface area contributed by atoms with Crippen LogP contribution in [0.1, 0.15) is 84.0 Å². The first-order valence-electron chi connectivity index (χ1n) is 9.22. The van der Waals surface area contributed by atoms with Crippen LogP contribution in [0.25, 0.3) is 0 Å². The zero-order valence-electron chi connectivity index (χ0n) is 15.8. The number of unbranched alkanes of at least 4 members (excludes halogenated alkanes) is 11. The molecule has 2 N–H and O–H groups in total. The number of aliphatic carboxylic acids is 2. The fourth-order valence-electron chi connectivity index (χ4n) is 2.77. The van der Waals surface area contributed by atoms with E-state index < -0.39 is 11.9 Å². The average Bonchev–Trinajstić information content (AvgIpc) is 2.47. The van der Waals surface area contributed by atoms with E-state index in [2.05, 4.69) is 6.92 Å². The van der Waals surface area contributed by atoms with Crippen LogP contribution in [-0.4, -0.2) is 98.1 Å². The molecule has 0 aliphatic heterocycles. The van der Waals surface area contributed by atoms with Crippen molar-refractivity contribution < 1.29 is 19.8 Å². The number of carboxylic acids is 2. The van der Waals surface area contributed by atoms with Gasteiger partial charge in [0, 0.05) is 51.4 Å². The van der Waals surface area contributed by atoms with Gasteiger partial charge in [0.15, 0.2) is 0 Å². The Morgan fingerprint density at radius 1 is 0.667 bits per heavy atom. The summed E-state index contributed by atoms with van der Waals surface area (Å²) in [5.41, 5.74) is 0. The number of hydrogen-bond donors (Lipinski definition) is 2. The maximum Gasteiger partial charge on any atom is 0.317 e. The molecule has 0 unspecified atom stereocenters. The molecule has 0 aliphatic rings. The van der Waals surface area contributed by atoms with E-state index in [1.165, 1.54) is 62.7 Å². The van der Waals surface area contributed by atoms with Crippen LogP contribution >= 0.6 is 0 Å². The molecule has 6 heteroatoms. The van der Waals surface area contributed by atoms with Crippen LogP contribution < -0.4 is 0 Å². The summed E-state index contributed by atoms with van der Waals surface area (Å²) >= 11 is 0. The predicted molar refractivity (Wildman–Crippen MR) is 98.5 cm³/mol. The van der Waals surface area contributed by atoms with E-state index in [0.29, 0.717) is 6.54 Å². The standard InChI is InChI=1S/C18H35NO4.K/c1-2-3-4-5-6-7-8-9-10-11-12-13-14-19(15-17(20)21)16-18(22)23;/h2-16H2,1H3,(H,20,21)(H,22,23);. The summed E-state index contributed by atoms with van der Waals surface area (Å²) < 4.78 is 0. The van der Waals surface area contributed by atoms with Gasteiger partial charge < -0.3 is 10.2 Å². The zero-order valence-corrected chi connectivity index (χ0v) is 18.9. The summed E-state index contributed by atoms with van der Waals surface area (Å²) in [7, 11) is 0. The molecule has 0 heterocycles. The molecule has 0 fully saturated rings. The van der Waals surface area contributed by atoms with Gasteiger partial charge in [-0.05, 0) is 13.0 Å². The molecule has 0 bridgehead atoms. The summed E-state index contributed by atoms with van der Waals surface area (Å²) in [5, 5.41) is 17.5. The zero-order chi connectivity index (χ0) is 17.3. The van der Waals surface area contributed by atoms with Crippen LogP contribution in [0.5, 0.6) is 0 Å². The summed E-state index contributed by atoms with van der Waals surface area (Å²) in [6, 6.07) is 0. The Hall–Kier alpha value is 0.536. The maximum absolute atomic E-state index is 10.7. The van der Waals surface area contributed by atoms with E-state index in [9.17, 15) is 9.59 Å². The molecular formula is C18H35KNO4. The Balaban J connectivity index is 0. The largest absolute Gasteiger partial charge is 0.480 e. The molecule has 24 heavy (non-hydrogen) atoms. The summed E-state index contributed by atoms with van der Waals surface area (Å²) in [6.07, 6.45) is 15.0. The molecule has 0 aliphatic carbocycles. The molecule has 0 aromatic carbocycles. The van der Waals surface area contributed by atoms with Crippen LogP contribution in [0.2, 0.25) is 0 Å². The smallest absolute Gasteiger partial charge is 0.317 e. The van der Waals surface area contributed by atoms with E-state index in [1.807, 2.05) is 0 Å². The molecule has 0 saturated heterocycles. The minimum absolute atomic E-state index is 0. The monoisotopic (exact) mass is 368 g/mol. The van der Waals surface area contributed by atoms with Crippen molar-refractivity contribution in [2.75, 3.05) is 19.6 Å². The van der Waals surface area contributed by atoms with Gasteiger partial charge in [-0.3, -0.25) is 14.5 Å². The second-order valence-electron chi connectivity index (χ2n) is 6.39. The Labute approximate surface area is 190 Å². The Kier molecular flexibility index (Phi) is 22.1. The molecule has 1 radical (unpaired) electrons. The van der Waals surface area contributed by atoms with Crippen LogP contribution in [-0.2, 0) is 9.59 Å². The van der Waals surface area contributed by atoms with Crippen molar-refractivity contribution in [3.63, 3.8) is 0 Å². The van der Waals surface area contributed by atoms with Gasteiger partial charge in [0.1, 0.15) is 0 Å². The fraction of sp³-hybridized carbons (Fsp3) is 0.889. The van der Waals surface area contributed by atoms with Crippen molar-refractivity contribution >= 4 is 63.3 Å². The molecule has 0 aromatic rings. The van der Waals surface area contributed by atoms with Crippen molar-refractivity contribution in [1.29, 1.82) is 0 Å². The SMILES string of the molecule is CCCCCCCCCCCCCCN(CC(=O)O)CC(=O)O.[K]. The third kappa shape index (κ3) is 20.6. The van der Waals surface area contributed by atoms with Crippen LogP contribution in [0.3, 0.4) is 0 Å². The third-order valence-electron chi connectivity index (χ3n) is 4.05. The van der Waals surface area contributed by atoms with Gasteiger partial charge in [-0.1, -0.05) is 77.6 Å².